The number of amides is 1. The molecule has 4 rings (SSSR count). The van der Waals surface area contributed by atoms with Crippen molar-refractivity contribution in [3.05, 3.63) is 80.1 Å². The molecule has 1 fully saturated rings. The third-order valence-electron chi connectivity index (χ3n) is 5.84. The molecule has 1 N–H and O–H groups in total. The van der Waals surface area contributed by atoms with Gasteiger partial charge in [0.2, 0.25) is 0 Å². The van der Waals surface area contributed by atoms with Gasteiger partial charge in [-0.05, 0) is 35.2 Å². The van der Waals surface area contributed by atoms with Gasteiger partial charge in [-0.3, -0.25) is 14.5 Å². The minimum atomic E-state index is -0.399. The van der Waals surface area contributed by atoms with Crippen molar-refractivity contribution >= 4 is 32.8 Å². The van der Waals surface area contributed by atoms with Crippen LogP contribution < -0.4 is 10.7 Å². The molecule has 1 amide bonds. The van der Waals surface area contributed by atoms with Crippen LogP contribution in [0, 0.1) is 0 Å². The van der Waals surface area contributed by atoms with Gasteiger partial charge in [-0.15, -0.1) is 0 Å². The molecule has 1 aliphatic rings. The number of hydrogen-bond acceptors (Lipinski definition) is 5. The van der Waals surface area contributed by atoms with Crippen LogP contribution in [0.15, 0.2) is 62.2 Å². The summed E-state index contributed by atoms with van der Waals surface area (Å²) in [6.07, 6.45) is 0. The van der Waals surface area contributed by atoms with Crippen molar-refractivity contribution in [3.8, 4) is 0 Å². The SMILES string of the molecule is CC(C)c1ccc(C(CNC(=O)c2cc(=O)c3cc(Br)ccc3o2)N2CCOCC2)cc1. The average Bonchev–Trinajstić information content (AvgIpc) is 2.80. The van der Waals surface area contributed by atoms with E-state index in [1.54, 1.807) is 18.2 Å². The quantitative estimate of drug-likeness (QED) is 0.542. The summed E-state index contributed by atoms with van der Waals surface area (Å²) in [5, 5.41) is 3.41. The maximum atomic E-state index is 12.9. The highest BCUT2D eigenvalue weighted by Gasteiger charge is 2.24. The van der Waals surface area contributed by atoms with Crippen LogP contribution in [-0.4, -0.2) is 43.7 Å². The molecule has 0 spiro atoms. The maximum absolute atomic E-state index is 12.9. The number of carbonyl (C=O) groups is 1. The van der Waals surface area contributed by atoms with Gasteiger partial charge in [-0.25, -0.2) is 0 Å². The van der Waals surface area contributed by atoms with Crippen molar-refractivity contribution in [1.82, 2.24) is 10.2 Å². The lowest BCUT2D eigenvalue weighted by Gasteiger charge is -2.35. The molecule has 6 nitrogen and oxygen atoms in total. The molecule has 1 atom stereocenters. The zero-order valence-electron chi connectivity index (χ0n) is 18.3. The van der Waals surface area contributed by atoms with Gasteiger partial charge in [-0.1, -0.05) is 54.0 Å². The standard InChI is InChI=1S/C25H27BrN2O4/c1-16(2)17-3-5-18(6-4-17)21(28-9-11-31-12-10-28)15-27-25(30)24-14-22(29)20-13-19(26)7-8-23(20)32-24/h3-8,13-14,16,21H,9-12,15H2,1-2H3,(H,27,30). The molecule has 168 valence electrons. The molecule has 0 radical (unpaired) electrons. The fourth-order valence-electron chi connectivity index (χ4n) is 3.97. The first-order chi connectivity index (χ1) is 15.4. The summed E-state index contributed by atoms with van der Waals surface area (Å²) >= 11 is 3.35. The topological polar surface area (TPSA) is 71.8 Å². The van der Waals surface area contributed by atoms with E-state index in [1.807, 2.05) is 0 Å². The maximum Gasteiger partial charge on any atom is 0.287 e. The minimum absolute atomic E-state index is 0.00666. The number of nitrogens with zero attached hydrogens (tertiary/aromatic N) is 1. The highest BCUT2D eigenvalue weighted by atomic mass is 79.9. The summed E-state index contributed by atoms with van der Waals surface area (Å²) in [5.74, 6) is 0.0756. The lowest BCUT2D eigenvalue weighted by molar-refractivity contribution is 0.0161. The van der Waals surface area contributed by atoms with Crippen molar-refractivity contribution in [3.63, 3.8) is 0 Å². The summed E-state index contributed by atoms with van der Waals surface area (Å²) in [6.45, 7) is 7.68. The Balaban J connectivity index is 1.54. The highest BCUT2D eigenvalue weighted by Crippen LogP contribution is 2.24. The summed E-state index contributed by atoms with van der Waals surface area (Å²) < 4.78 is 12.0. The van der Waals surface area contributed by atoms with Crippen LogP contribution in [0.2, 0.25) is 0 Å². The Labute approximate surface area is 195 Å². The van der Waals surface area contributed by atoms with Crippen molar-refractivity contribution < 1.29 is 13.9 Å². The smallest absolute Gasteiger partial charge is 0.287 e. The third kappa shape index (κ3) is 5.11. The molecule has 1 aromatic heterocycles. The molecule has 2 heterocycles. The molecule has 32 heavy (non-hydrogen) atoms. The van der Waals surface area contributed by atoms with Crippen LogP contribution in [0.5, 0.6) is 0 Å². The molecule has 1 saturated heterocycles. The van der Waals surface area contributed by atoms with Gasteiger partial charge < -0.3 is 14.5 Å². The van der Waals surface area contributed by atoms with Gasteiger partial charge in [-0.2, -0.15) is 0 Å². The Morgan fingerprint density at radius 1 is 1.06 bits per heavy atom. The first-order valence-electron chi connectivity index (χ1n) is 10.9. The number of halogens is 1. The first-order valence-corrected chi connectivity index (χ1v) is 11.6. The van der Waals surface area contributed by atoms with E-state index in [1.165, 1.54) is 11.6 Å². The minimum Gasteiger partial charge on any atom is -0.451 e. The Morgan fingerprint density at radius 3 is 2.44 bits per heavy atom. The Kier molecular flexibility index (Phi) is 7.08. The molecule has 3 aromatic rings. The van der Waals surface area contributed by atoms with Crippen LogP contribution >= 0.6 is 15.9 Å². The number of nitrogens with one attached hydrogen (secondary N) is 1. The number of carbonyl (C=O) groups excluding carboxylic acids is 1. The van der Waals surface area contributed by atoms with E-state index >= 15 is 0 Å². The summed E-state index contributed by atoms with van der Waals surface area (Å²) in [6, 6.07) is 15.0. The van der Waals surface area contributed by atoms with E-state index in [0.29, 0.717) is 36.6 Å². The number of hydrogen-bond donors (Lipinski definition) is 1. The fraction of sp³-hybridized carbons (Fsp3) is 0.360. The zero-order valence-corrected chi connectivity index (χ0v) is 19.9. The summed E-state index contributed by atoms with van der Waals surface area (Å²) in [7, 11) is 0. The molecular weight excluding hydrogens is 472 g/mol. The van der Waals surface area contributed by atoms with E-state index < -0.39 is 5.91 Å². The van der Waals surface area contributed by atoms with Gasteiger partial charge in [0.25, 0.3) is 5.91 Å². The molecule has 1 aliphatic heterocycles. The molecule has 0 bridgehead atoms. The van der Waals surface area contributed by atoms with E-state index in [0.717, 1.165) is 23.1 Å². The van der Waals surface area contributed by atoms with Crippen molar-refractivity contribution in [2.75, 3.05) is 32.8 Å². The van der Waals surface area contributed by atoms with E-state index in [9.17, 15) is 9.59 Å². The third-order valence-corrected chi connectivity index (χ3v) is 6.34. The predicted molar refractivity (Wildman–Crippen MR) is 128 cm³/mol. The van der Waals surface area contributed by atoms with Gasteiger partial charge >= 0.3 is 0 Å². The first kappa shape index (κ1) is 22.7. The number of rotatable bonds is 6. The zero-order chi connectivity index (χ0) is 22.7. The van der Waals surface area contributed by atoms with Gasteiger partial charge in [0, 0.05) is 30.2 Å². The van der Waals surface area contributed by atoms with Crippen molar-refractivity contribution in [1.29, 1.82) is 0 Å². The van der Waals surface area contributed by atoms with Crippen LogP contribution in [0.4, 0.5) is 0 Å². The van der Waals surface area contributed by atoms with E-state index in [-0.39, 0.29) is 17.2 Å². The summed E-state index contributed by atoms with van der Waals surface area (Å²) in [4.78, 5) is 27.7. The lowest BCUT2D eigenvalue weighted by Crippen LogP contribution is -2.43. The number of ether oxygens (including phenoxy) is 1. The molecule has 0 aliphatic carbocycles. The highest BCUT2D eigenvalue weighted by molar-refractivity contribution is 9.10. The lowest BCUT2D eigenvalue weighted by atomic mass is 9.98. The Hall–Kier alpha value is -2.48. The van der Waals surface area contributed by atoms with Gasteiger partial charge in [0.1, 0.15) is 5.58 Å². The Bertz CT molecular complexity index is 1150. The fourth-order valence-corrected chi connectivity index (χ4v) is 4.33. The number of benzene rings is 2. The van der Waals surface area contributed by atoms with Gasteiger partial charge in [0.15, 0.2) is 11.2 Å². The van der Waals surface area contributed by atoms with E-state index in [2.05, 4.69) is 64.3 Å². The molecule has 0 saturated carbocycles. The second-order valence-electron chi connectivity index (χ2n) is 8.31. The van der Waals surface area contributed by atoms with Crippen LogP contribution in [0.25, 0.3) is 11.0 Å². The molecule has 2 aromatic carbocycles. The normalized spacial score (nSPS) is 15.8. The van der Waals surface area contributed by atoms with Gasteiger partial charge in [0.05, 0.1) is 24.6 Å². The average molecular weight is 499 g/mol. The Morgan fingerprint density at radius 2 is 1.75 bits per heavy atom. The van der Waals surface area contributed by atoms with Crippen LogP contribution in [0.3, 0.4) is 0 Å². The van der Waals surface area contributed by atoms with Crippen molar-refractivity contribution in [2.45, 2.75) is 25.8 Å². The predicted octanol–water partition coefficient (Wildman–Crippen LogP) is 4.48. The van der Waals surface area contributed by atoms with Crippen molar-refractivity contribution in [2.24, 2.45) is 0 Å². The second-order valence-corrected chi connectivity index (χ2v) is 9.23. The number of morpholine rings is 1. The molecule has 7 heteroatoms. The summed E-state index contributed by atoms with van der Waals surface area (Å²) in [5.41, 5.74) is 2.57. The monoisotopic (exact) mass is 498 g/mol. The second kappa shape index (κ2) is 9.98. The number of fused-ring (bicyclic) bond motifs is 1. The van der Waals surface area contributed by atoms with E-state index in [4.69, 9.17) is 9.15 Å². The molecule has 1 unspecified atom stereocenters. The molecular formula is C25H27BrN2O4. The largest absolute Gasteiger partial charge is 0.451 e. The van der Waals surface area contributed by atoms with Crippen LogP contribution in [-0.2, 0) is 4.74 Å². The van der Waals surface area contributed by atoms with Crippen LogP contribution in [0.1, 0.15) is 47.5 Å².